The lowest BCUT2D eigenvalue weighted by atomic mass is 10.3. The Morgan fingerprint density at radius 3 is 2.58 bits per heavy atom. The number of carboxylic acids is 1. The minimum Gasteiger partial charge on any atom is -0.475 e. The zero-order chi connectivity index (χ0) is 19.5. The Balaban J connectivity index is 0.000000298. The minimum absolute atomic E-state index is 0.825. The van der Waals surface area contributed by atoms with Crippen molar-refractivity contribution in [3.63, 3.8) is 0 Å². The molecule has 142 valence electrons. The third-order valence-corrected chi connectivity index (χ3v) is 5.19. The number of aromatic nitrogens is 3. The molecule has 0 fully saturated rings. The Labute approximate surface area is 159 Å². The average Bonchev–Trinajstić information content (AvgIpc) is 3.16. The first-order chi connectivity index (χ1) is 12.1. The lowest BCUT2D eigenvalue weighted by Gasteiger charge is -2.03. The normalized spacial score (nSPS) is 11.5. The van der Waals surface area contributed by atoms with Gasteiger partial charge in [-0.3, -0.25) is 4.68 Å². The van der Waals surface area contributed by atoms with Gasteiger partial charge in [-0.2, -0.15) is 18.3 Å². The predicted molar refractivity (Wildman–Crippen MR) is 96.1 cm³/mol. The molecule has 6 nitrogen and oxygen atoms in total. The molecule has 3 heterocycles. The van der Waals surface area contributed by atoms with Crippen molar-refractivity contribution in [2.45, 2.75) is 26.2 Å². The number of carboxylic acid groups (broad SMARTS) is 1. The van der Waals surface area contributed by atoms with Gasteiger partial charge in [0, 0.05) is 31.2 Å². The summed E-state index contributed by atoms with van der Waals surface area (Å²) in [6.45, 7) is 3.67. The third-order valence-electron chi connectivity index (χ3n) is 3.33. The van der Waals surface area contributed by atoms with Crippen molar-refractivity contribution in [2.24, 2.45) is 7.05 Å². The molecule has 0 saturated heterocycles. The van der Waals surface area contributed by atoms with Crippen molar-refractivity contribution in [1.29, 1.82) is 0 Å². The SMILES string of the molecule is Cc1cc(CNCc2cc3scc(Br)c3[nH]2)n(C)n1.O=C(O)C(F)(F)F. The van der Waals surface area contributed by atoms with Crippen LogP contribution in [0.3, 0.4) is 0 Å². The lowest BCUT2D eigenvalue weighted by Crippen LogP contribution is -2.21. The summed E-state index contributed by atoms with van der Waals surface area (Å²) < 4.78 is 36.1. The number of H-pyrrole nitrogens is 1. The van der Waals surface area contributed by atoms with E-state index in [1.807, 2.05) is 18.7 Å². The molecule has 0 amide bonds. The molecule has 0 spiro atoms. The summed E-state index contributed by atoms with van der Waals surface area (Å²) in [5, 5.41) is 17.0. The number of nitrogens with zero attached hydrogens (tertiary/aromatic N) is 2. The number of fused-ring (bicyclic) bond motifs is 1. The first-order valence-electron chi connectivity index (χ1n) is 7.33. The number of aromatic amines is 1. The van der Waals surface area contributed by atoms with Gasteiger partial charge < -0.3 is 15.4 Å². The van der Waals surface area contributed by atoms with Crippen LogP contribution in [0.25, 0.3) is 10.2 Å². The highest BCUT2D eigenvalue weighted by molar-refractivity contribution is 9.10. The zero-order valence-corrected chi connectivity index (χ0v) is 16.2. The number of nitrogens with one attached hydrogen (secondary N) is 2. The monoisotopic (exact) mass is 452 g/mol. The Hall–Kier alpha value is -1.85. The largest absolute Gasteiger partial charge is 0.490 e. The van der Waals surface area contributed by atoms with Crippen LogP contribution in [-0.4, -0.2) is 32.0 Å². The highest BCUT2D eigenvalue weighted by Crippen LogP contribution is 2.30. The van der Waals surface area contributed by atoms with E-state index < -0.39 is 12.1 Å². The number of aryl methyl sites for hydroxylation is 2. The van der Waals surface area contributed by atoms with E-state index in [1.54, 1.807) is 11.3 Å². The molecule has 26 heavy (non-hydrogen) atoms. The summed E-state index contributed by atoms with van der Waals surface area (Å²) in [6.07, 6.45) is -5.08. The number of carbonyl (C=O) groups is 1. The van der Waals surface area contributed by atoms with E-state index in [1.165, 1.54) is 21.6 Å². The molecule has 11 heteroatoms. The number of thiophene rings is 1. The molecule has 3 rings (SSSR count). The fourth-order valence-electron chi connectivity index (χ4n) is 2.18. The Morgan fingerprint density at radius 2 is 2.08 bits per heavy atom. The standard InChI is InChI=1S/C13H15BrN4S.C2HF3O2/c1-8-3-10(18(2)17-8)6-15-5-9-4-12-13(16-9)11(14)7-19-12;3-2(4,5)1(6)7/h3-4,7,15-16H,5-6H2,1-2H3;(H,6,7). The van der Waals surface area contributed by atoms with Crippen LogP contribution >= 0.6 is 27.3 Å². The fraction of sp³-hybridized carbons (Fsp3) is 0.333. The fourth-order valence-corrected chi connectivity index (χ4v) is 3.75. The number of hydrogen-bond acceptors (Lipinski definition) is 4. The topological polar surface area (TPSA) is 82.9 Å². The number of rotatable bonds is 4. The summed E-state index contributed by atoms with van der Waals surface area (Å²) in [4.78, 5) is 12.3. The maximum Gasteiger partial charge on any atom is 0.490 e. The van der Waals surface area contributed by atoms with Gasteiger partial charge in [0.05, 0.1) is 26.1 Å². The first kappa shape index (κ1) is 20.5. The Morgan fingerprint density at radius 1 is 1.42 bits per heavy atom. The number of halogens is 4. The Bertz CT molecular complexity index is 901. The van der Waals surface area contributed by atoms with Gasteiger partial charge in [0.1, 0.15) is 0 Å². The van der Waals surface area contributed by atoms with Crippen molar-refractivity contribution in [3.8, 4) is 0 Å². The molecule has 3 N–H and O–H groups in total. The molecular weight excluding hydrogens is 437 g/mol. The van der Waals surface area contributed by atoms with Crippen LogP contribution in [0.5, 0.6) is 0 Å². The number of aliphatic carboxylic acids is 1. The second-order valence-corrected chi connectivity index (χ2v) is 7.19. The van der Waals surface area contributed by atoms with Gasteiger partial charge in [0.15, 0.2) is 0 Å². The molecule has 0 saturated carbocycles. The lowest BCUT2D eigenvalue weighted by molar-refractivity contribution is -0.192. The van der Waals surface area contributed by atoms with Crippen LogP contribution in [0.2, 0.25) is 0 Å². The van der Waals surface area contributed by atoms with Crippen LogP contribution < -0.4 is 5.32 Å². The third kappa shape index (κ3) is 5.32. The van der Waals surface area contributed by atoms with Crippen LogP contribution in [0.4, 0.5) is 13.2 Å². The zero-order valence-electron chi connectivity index (χ0n) is 13.8. The summed E-state index contributed by atoms with van der Waals surface area (Å²) in [5.74, 6) is -2.76. The summed E-state index contributed by atoms with van der Waals surface area (Å²) >= 11 is 5.29. The molecule has 0 unspecified atom stereocenters. The molecule has 0 aromatic carbocycles. The van der Waals surface area contributed by atoms with Crippen molar-refractivity contribution >= 4 is 43.5 Å². The van der Waals surface area contributed by atoms with Gasteiger partial charge in [0.2, 0.25) is 0 Å². The minimum atomic E-state index is -5.08. The molecule has 0 atom stereocenters. The van der Waals surface area contributed by atoms with Gasteiger partial charge >= 0.3 is 12.1 Å². The van der Waals surface area contributed by atoms with E-state index in [0.717, 1.165) is 23.3 Å². The van der Waals surface area contributed by atoms with Crippen LogP contribution in [0, 0.1) is 6.92 Å². The number of alkyl halides is 3. The molecule has 0 aliphatic rings. The summed E-state index contributed by atoms with van der Waals surface area (Å²) in [7, 11) is 1.98. The first-order valence-corrected chi connectivity index (χ1v) is 9.00. The highest BCUT2D eigenvalue weighted by Gasteiger charge is 2.38. The van der Waals surface area contributed by atoms with Gasteiger partial charge in [-0.05, 0) is 35.0 Å². The van der Waals surface area contributed by atoms with Gasteiger partial charge in [-0.25, -0.2) is 4.79 Å². The smallest absolute Gasteiger partial charge is 0.475 e. The van der Waals surface area contributed by atoms with Crippen molar-refractivity contribution < 1.29 is 23.1 Å². The summed E-state index contributed by atoms with van der Waals surface area (Å²) in [6, 6.07) is 4.31. The van der Waals surface area contributed by atoms with Gasteiger partial charge in [-0.1, -0.05) is 0 Å². The van der Waals surface area contributed by atoms with Gasteiger partial charge in [0.25, 0.3) is 0 Å². The quantitative estimate of drug-likeness (QED) is 0.559. The maximum absolute atomic E-state index is 10.6. The van der Waals surface area contributed by atoms with E-state index in [4.69, 9.17) is 9.90 Å². The summed E-state index contributed by atoms with van der Waals surface area (Å²) in [5.41, 5.74) is 4.66. The average molecular weight is 453 g/mol. The molecular formula is C15H16BrF3N4O2S. The molecule has 3 aromatic heterocycles. The van der Waals surface area contributed by atoms with E-state index in [0.29, 0.717) is 0 Å². The van der Waals surface area contributed by atoms with E-state index in [-0.39, 0.29) is 0 Å². The maximum atomic E-state index is 10.6. The van der Waals surface area contributed by atoms with Gasteiger partial charge in [-0.15, -0.1) is 11.3 Å². The second-order valence-electron chi connectivity index (χ2n) is 5.42. The highest BCUT2D eigenvalue weighted by atomic mass is 79.9. The molecule has 0 radical (unpaired) electrons. The molecule has 0 bridgehead atoms. The van der Waals surface area contributed by atoms with E-state index in [9.17, 15) is 13.2 Å². The second kappa shape index (κ2) is 8.23. The molecule has 0 aliphatic heterocycles. The van der Waals surface area contributed by atoms with E-state index in [2.05, 4.69) is 48.8 Å². The molecule has 3 aromatic rings. The van der Waals surface area contributed by atoms with Crippen molar-refractivity contribution in [3.05, 3.63) is 39.1 Å². The Kier molecular flexibility index (Phi) is 6.48. The molecule has 0 aliphatic carbocycles. The van der Waals surface area contributed by atoms with Crippen molar-refractivity contribution in [2.75, 3.05) is 0 Å². The van der Waals surface area contributed by atoms with E-state index >= 15 is 0 Å². The van der Waals surface area contributed by atoms with Crippen LogP contribution in [-0.2, 0) is 24.9 Å². The number of hydrogen-bond donors (Lipinski definition) is 3. The predicted octanol–water partition coefficient (Wildman–Crippen LogP) is 3.96. The van der Waals surface area contributed by atoms with Crippen LogP contribution in [0.1, 0.15) is 17.1 Å². The van der Waals surface area contributed by atoms with Crippen molar-refractivity contribution in [1.82, 2.24) is 20.1 Å². The van der Waals surface area contributed by atoms with Crippen LogP contribution in [0.15, 0.2) is 22.0 Å².